The fourth-order valence-corrected chi connectivity index (χ4v) is 4.56. The van der Waals surface area contributed by atoms with Crippen molar-refractivity contribution in [2.45, 2.75) is 58.9 Å². The zero-order chi connectivity index (χ0) is 21.1. The second kappa shape index (κ2) is 9.23. The van der Waals surface area contributed by atoms with Crippen LogP contribution in [0.4, 0.5) is 5.13 Å². The number of anilines is 1. The largest absolute Gasteiger partial charge is 0.488 e. The molecular formula is C20H29IN2O3SSi. The zero-order valence-corrected chi connectivity index (χ0v) is 21.5. The summed E-state index contributed by atoms with van der Waals surface area (Å²) in [6, 6.07) is 5.52. The van der Waals surface area contributed by atoms with Crippen molar-refractivity contribution in [2.75, 3.05) is 11.9 Å². The van der Waals surface area contributed by atoms with Gasteiger partial charge in [0.15, 0.2) is 13.4 Å². The molecule has 0 bridgehead atoms. The Morgan fingerprint density at radius 1 is 1.32 bits per heavy atom. The molecule has 1 atom stereocenters. The number of nitrogens with one attached hydrogen (secondary N) is 1. The fourth-order valence-electron chi connectivity index (χ4n) is 2.15. The lowest BCUT2D eigenvalue weighted by molar-refractivity contribution is 0.102. The number of thiazole rings is 1. The van der Waals surface area contributed by atoms with Crippen LogP contribution in [0.1, 0.15) is 43.7 Å². The van der Waals surface area contributed by atoms with Gasteiger partial charge >= 0.3 is 0 Å². The lowest BCUT2D eigenvalue weighted by atomic mass is 10.2. The van der Waals surface area contributed by atoms with Crippen molar-refractivity contribution >= 4 is 53.3 Å². The van der Waals surface area contributed by atoms with Crippen molar-refractivity contribution in [1.29, 1.82) is 0 Å². The number of aryl methyl sites for hydroxylation is 1. The first-order valence-electron chi connectivity index (χ1n) is 9.22. The highest BCUT2D eigenvalue weighted by molar-refractivity contribution is 14.1. The molecule has 0 radical (unpaired) electrons. The van der Waals surface area contributed by atoms with Gasteiger partial charge in [0.05, 0.1) is 12.3 Å². The van der Waals surface area contributed by atoms with E-state index in [2.05, 4.69) is 66.8 Å². The summed E-state index contributed by atoms with van der Waals surface area (Å²) in [5, 5.41) is 5.50. The van der Waals surface area contributed by atoms with E-state index in [1.165, 1.54) is 11.3 Å². The molecule has 0 aliphatic heterocycles. The van der Waals surface area contributed by atoms with E-state index in [0.29, 0.717) is 23.1 Å². The van der Waals surface area contributed by atoms with E-state index in [9.17, 15) is 4.79 Å². The molecule has 154 valence electrons. The lowest BCUT2D eigenvalue weighted by Gasteiger charge is -2.36. The van der Waals surface area contributed by atoms with Gasteiger partial charge in [-0.25, -0.2) is 4.98 Å². The number of nitrogens with zero attached hydrogens (tertiary/aromatic N) is 1. The van der Waals surface area contributed by atoms with Crippen molar-refractivity contribution in [3.8, 4) is 5.75 Å². The Kier molecular flexibility index (Phi) is 7.68. The third kappa shape index (κ3) is 6.53. The second-order valence-electron chi connectivity index (χ2n) is 8.42. The SMILES string of the molecule is Cc1csc(NC(=O)c2cc(I)cc(OC(C)CO[Si](C)(C)C(C)(C)C)c2)n1. The molecule has 8 heteroatoms. The fraction of sp³-hybridized carbons (Fsp3) is 0.500. The summed E-state index contributed by atoms with van der Waals surface area (Å²) in [5.74, 6) is 0.474. The van der Waals surface area contributed by atoms with Crippen molar-refractivity contribution < 1.29 is 14.0 Å². The summed E-state index contributed by atoms with van der Waals surface area (Å²) in [5.41, 5.74) is 1.44. The minimum atomic E-state index is -1.82. The van der Waals surface area contributed by atoms with E-state index in [1.54, 1.807) is 6.07 Å². The maximum Gasteiger partial charge on any atom is 0.257 e. The number of benzene rings is 1. The lowest BCUT2D eigenvalue weighted by Crippen LogP contribution is -2.43. The van der Waals surface area contributed by atoms with Gasteiger partial charge in [-0.15, -0.1) is 11.3 Å². The molecule has 1 aromatic heterocycles. The normalized spacial score (nSPS) is 13.3. The van der Waals surface area contributed by atoms with Crippen molar-refractivity contribution in [3.05, 3.63) is 38.4 Å². The molecule has 28 heavy (non-hydrogen) atoms. The molecular weight excluding hydrogens is 503 g/mol. The molecule has 0 aliphatic rings. The number of aromatic nitrogens is 1. The average Bonchev–Trinajstić information content (AvgIpc) is 2.96. The van der Waals surface area contributed by atoms with Crippen LogP contribution in [0.3, 0.4) is 0 Å². The average molecular weight is 533 g/mol. The van der Waals surface area contributed by atoms with Gasteiger partial charge in [0.25, 0.3) is 5.91 Å². The highest BCUT2D eigenvalue weighted by Crippen LogP contribution is 2.36. The van der Waals surface area contributed by atoms with Gasteiger partial charge in [-0.05, 0) is 72.8 Å². The summed E-state index contributed by atoms with van der Waals surface area (Å²) >= 11 is 3.61. The van der Waals surface area contributed by atoms with Crippen LogP contribution in [0.25, 0.3) is 0 Å². The highest BCUT2D eigenvalue weighted by Gasteiger charge is 2.37. The molecule has 0 saturated heterocycles. The van der Waals surface area contributed by atoms with E-state index in [0.717, 1.165) is 9.26 Å². The number of carbonyl (C=O) groups is 1. The number of rotatable bonds is 7. The summed E-state index contributed by atoms with van der Waals surface area (Å²) in [7, 11) is -1.82. The summed E-state index contributed by atoms with van der Waals surface area (Å²) in [6.07, 6.45) is -0.107. The predicted octanol–water partition coefficient (Wildman–Crippen LogP) is 6.10. The standard InChI is InChI=1S/C20H29IN2O3SSi/c1-13-12-27-19(22-13)23-18(24)15-8-16(21)10-17(9-15)26-14(2)11-25-28(6,7)20(3,4)5/h8-10,12,14H,11H2,1-7H3,(H,22,23,24). The third-order valence-corrected chi connectivity index (χ3v) is 10.8. The minimum absolute atomic E-state index is 0.107. The van der Waals surface area contributed by atoms with Gasteiger partial charge in [-0.3, -0.25) is 10.1 Å². The monoisotopic (exact) mass is 532 g/mol. The molecule has 0 saturated carbocycles. The quantitative estimate of drug-likeness (QED) is 0.346. The first-order chi connectivity index (χ1) is 12.9. The molecule has 0 aliphatic carbocycles. The van der Waals surface area contributed by atoms with E-state index in [-0.39, 0.29) is 17.0 Å². The van der Waals surface area contributed by atoms with E-state index < -0.39 is 8.32 Å². The maximum atomic E-state index is 12.6. The van der Waals surface area contributed by atoms with Crippen LogP contribution in [0.5, 0.6) is 5.75 Å². The third-order valence-electron chi connectivity index (χ3n) is 4.80. The molecule has 1 unspecified atom stereocenters. The topological polar surface area (TPSA) is 60.5 Å². The summed E-state index contributed by atoms with van der Waals surface area (Å²) in [4.78, 5) is 16.8. The Morgan fingerprint density at radius 2 is 2.00 bits per heavy atom. The van der Waals surface area contributed by atoms with Crippen LogP contribution in [0, 0.1) is 10.5 Å². The van der Waals surface area contributed by atoms with Gasteiger partial charge in [-0.1, -0.05) is 20.8 Å². The number of hydrogen-bond donors (Lipinski definition) is 1. The van der Waals surface area contributed by atoms with Crippen molar-refractivity contribution in [2.24, 2.45) is 0 Å². The number of hydrogen-bond acceptors (Lipinski definition) is 5. The number of carbonyl (C=O) groups excluding carboxylic acids is 1. The first-order valence-corrected chi connectivity index (χ1v) is 14.1. The molecule has 0 spiro atoms. The van der Waals surface area contributed by atoms with Gasteiger partial charge in [-0.2, -0.15) is 0 Å². The summed E-state index contributed by atoms with van der Waals surface area (Å²) < 4.78 is 13.2. The predicted molar refractivity (Wildman–Crippen MR) is 127 cm³/mol. The minimum Gasteiger partial charge on any atom is -0.488 e. The Bertz CT molecular complexity index is 833. The molecule has 2 aromatic rings. The van der Waals surface area contributed by atoms with Crippen LogP contribution in [0.2, 0.25) is 18.1 Å². The number of amides is 1. The molecule has 1 N–H and O–H groups in total. The van der Waals surface area contributed by atoms with E-state index in [1.807, 2.05) is 31.4 Å². The number of halogens is 1. The molecule has 5 nitrogen and oxygen atoms in total. The van der Waals surface area contributed by atoms with Crippen LogP contribution in [-0.2, 0) is 4.43 Å². The second-order valence-corrected chi connectivity index (χ2v) is 15.3. The van der Waals surface area contributed by atoms with Crippen LogP contribution in [-0.4, -0.2) is 31.9 Å². The Morgan fingerprint density at radius 3 is 2.57 bits per heavy atom. The van der Waals surface area contributed by atoms with Gasteiger partial charge in [0.1, 0.15) is 11.9 Å². The van der Waals surface area contributed by atoms with Crippen LogP contribution < -0.4 is 10.1 Å². The van der Waals surface area contributed by atoms with E-state index in [4.69, 9.17) is 9.16 Å². The molecule has 1 amide bonds. The Balaban J connectivity index is 2.03. The molecule has 1 aromatic carbocycles. The van der Waals surface area contributed by atoms with Crippen molar-refractivity contribution in [3.63, 3.8) is 0 Å². The Hall–Kier alpha value is -0.973. The summed E-state index contributed by atoms with van der Waals surface area (Å²) in [6.45, 7) is 15.5. The molecule has 0 fully saturated rings. The Labute approximate surface area is 186 Å². The number of ether oxygens (including phenoxy) is 1. The zero-order valence-electron chi connectivity index (χ0n) is 17.6. The molecule has 2 rings (SSSR count). The van der Waals surface area contributed by atoms with Gasteiger partial charge in [0.2, 0.25) is 0 Å². The van der Waals surface area contributed by atoms with Crippen LogP contribution >= 0.6 is 33.9 Å². The first kappa shape index (κ1) is 23.3. The van der Waals surface area contributed by atoms with Gasteiger partial charge in [0, 0.05) is 14.5 Å². The van der Waals surface area contributed by atoms with Crippen LogP contribution in [0.15, 0.2) is 23.6 Å². The molecule has 1 heterocycles. The van der Waals surface area contributed by atoms with E-state index >= 15 is 0 Å². The smallest absolute Gasteiger partial charge is 0.257 e. The highest BCUT2D eigenvalue weighted by atomic mass is 127. The van der Waals surface area contributed by atoms with Crippen molar-refractivity contribution in [1.82, 2.24) is 4.98 Å². The van der Waals surface area contributed by atoms with Gasteiger partial charge < -0.3 is 9.16 Å². The maximum absolute atomic E-state index is 12.6.